The second-order valence-electron chi connectivity index (χ2n) is 3.37. The summed E-state index contributed by atoms with van der Waals surface area (Å²) >= 11 is 0. The molecule has 0 aromatic rings. The van der Waals surface area contributed by atoms with E-state index in [4.69, 9.17) is 15.3 Å². The van der Waals surface area contributed by atoms with Crippen molar-refractivity contribution < 1.29 is 14.4 Å². The molecule has 1 unspecified atom stereocenters. The zero-order chi connectivity index (χ0) is 10.4. The summed E-state index contributed by atoms with van der Waals surface area (Å²) in [4.78, 5) is 16.8. The fourth-order valence-corrected chi connectivity index (χ4v) is 1.32. The van der Waals surface area contributed by atoms with Crippen LogP contribution in [0.1, 0.15) is 19.3 Å². The van der Waals surface area contributed by atoms with Gasteiger partial charge in [0.05, 0.1) is 12.6 Å². The van der Waals surface area contributed by atoms with Gasteiger partial charge in [0.15, 0.2) is 0 Å². The van der Waals surface area contributed by atoms with Gasteiger partial charge in [-0.2, -0.15) is 0 Å². The average molecular weight is 202 g/mol. The monoisotopic (exact) mass is 202 g/mol. The van der Waals surface area contributed by atoms with Crippen molar-refractivity contribution in [3.63, 3.8) is 0 Å². The molecule has 0 aliphatic carbocycles. The SMILES string of the molecule is COCCC(N)C(=O)N1CCCCO1. The summed E-state index contributed by atoms with van der Waals surface area (Å²) in [6.45, 7) is 1.77. The Bertz CT molecular complexity index is 181. The molecule has 1 rings (SSSR count). The van der Waals surface area contributed by atoms with Gasteiger partial charge < -0.3 is 10.5 Å². The lowest BCUT2D eigenvalue weighted by atomic mass is 10.2. The molecular formula is C9H18N2O3. The molecule has 2 N–H and O–H groups in total. The van der Waals surface area contributed by atoms with E-state index in [1.807, 2.05) is 0 Å². The van der Waals surface area contributed by atoms with E-state index in [1.54, 1.807) is 7.11 Å². The van der Waals surface area contributed by atoms with E-state index in [0.717, 1.165) is 12.8 Å². The van der Waals surface area contributed by atoms with Crippen LogP contribution >= 0.6 is 0 Å². The molecule has 0 spiro atoms. The zero-order valence-electron chi connectivity index (χ0n) is 8.57. The highest BCUT2D eigenvalue weighted by Crippen LogP contribution is 2.08. The molecule has 1 aliphatic heterocycles. The van der Waals surface area contributed by atoms with Crippen molar-refractivity contribution in [3.05, 3.63) is 0 Å². The van der Waals surface area contributed by atoms with Crippen molar-refractivity contribution in [1.82, 2.24) is 5.06 Å². The van der Waals surface area contributed by atoms with E-state index in [-0.39, 0.29) is 5.91 Å². The Kier molecular flexibility index (Phi) is 4.86. The van der Waals surface area contributed by atoms with Crippen LogP contribution in [0.4, 0.5) is 0 Å². The lowest BCUT2D eigenvalue weighted by Gasteiger charge is -2.28. The van der Waals surface area contributed by atoms with Gasteiger partial charge in [-0.3, -0.25) is 9.63 Å². The molecule has 14 heavy (non-hydrogen) atoms. The van der Waals surface area contributed by atoms with Crippen LogP contribution in [-0.2, 0) is 14.4 Å². The Labute approximate surface area is 84.1 Å². The second kappa shape index (κ2) is 5.95. The van der Waals surface area contributed by atoms with Crippen LogP contribution in [0, 0.1) is 0 Å². The molecule has 1 saturated heterocycles. The third-order valence-electron chi connectivity index (χ3n) is 2.20. The first-order valence-corrected chi connectivity index (χ1v) is 4.94. The standard InChI is InChI=1S/C9H18N2O3/c1-13-7-4-8(10)9(12)11-5-2-3-6-14-11/h8H,2-7,10H2,1H3. The Morgan fingerprint density at radius 3 is 3.00 bits per heavy atom. The number of carbonyl (C=O) groups is 1. The number of carbonyl (C=O) groups excluding carboxylic acids is 1. The van der Waals surface area contributed by atoms with Crippen LogP contribution in [-0.4, -0.2) is 43.9 Å². The quantitative estimate of drug-likeness (QED) is 0.691. The van der Waals surface area contributed by atoms with Gasteiger partial charge in [-0.25, -0.2) is 5.06 Å². The van der Waals surface area contributed by atoms with Crippen molar-refractivity contribution in [2.75, 3.05) is 26.9 Å². The molecule has 1 heterocycles. The number of rotatable bonds is 4. The van der Waals surface area contributed by atoms with E-state index in [0.29, 0.717) is 26.2 Å². The molecule has 5 heteroatoms. The molecular weight excluding hydrogens is 184 g/mol. The maximum atomic E-state index is 11.6. The predicted octanol–water partition coefficient (Wildman–Crippen LogP) is -0.0958. The average Bonchev–Trinajstić information content (AvgIpc) is 2.26. The summed E-state index contributed by atoms with van der Waals surface area (Å²) in [5, 5.41) is 1.38. The number of ether oxygens (including phenoxy) is 1. The number of hydroxylamine groups is 2. The highest BCUT2D eigenvalue weighted by Gasteiger charge is 2.23. The van der Waals surface area contributed by atoms with Crippen LogP contribution in [0.5, 0.6) is 0 Å². The van der Waals surface area contributed by atoms with Crippen LogP contribution in [0.25, 0.3) is 0 Å². The maximum Gasteiger partial charge on any atom is 0.263 e. The lowest BCUT2D eigenvalue weighted by molar-refractivity contribution is -0.198. The number of hydrogen-bond acceptors (Lipinski definition) is 4. The molecule has 0 saturated carbocycles. The summed E-state index contributed by atoms with van der Waals surface area (Å²) < 4.78 is 4.86. The van der Waals surface area contributed by atoms with Crippen molar-refractivity contribution >= 4 is 5.91 Å². The van der Waals surface area contributed by atoms with E-state index in [2.05, 4.69) is 0 Å². The predicted molar refractivity (Wildman–Crippen MR) is 51.4 cm³/mol. The number of methoxy groups -OCH3 is 1. The Balaban J connectivity index is 2.30. The molecule has 0 aromatic heterocycles. The van der Waals surface area contributed by atoms with Gasteiger partial charge in [0.25, 0.3) is 5.91 Å². The molecule has 0 bridgehead atoms. The van der Waals surface area contributed by atoms with E-state index in [9.17, 15) is 4.79 Å². The van der Waals surface area contributed by atoms with Gasteiger partial charge in [-0.05, 0) is 19.3 Å². The molecule has 1 fully saturated rings. The van der Waals surface area contributed by atoms with Gasteiger partial charge >= 0.3 is 0 Å². The summed E-state index contributed by atoms with van der Waals surface area (Å²) in [5.41, 5.74) is 5.68. The minimum absolute atomic E-state index is 0.137. The minimum atomic E-state index is -0.506. The normalized spacial score (nSPS) is 19.4. The fraction of sp³-hybridized carbons (Fsp3) is 0.889. The summed E-state index contributed by atoms with van der Waals surface area (Å²) in [5.74, 6) is -0.137. The molecule has 5 nitrogen and oxygen atoms in total. The summed E-state index contributed by atoms with van der Waals surface area (Å²) in [6, 6.07) is -0.506. The van der Waals surface area contributed by atoms with E-state index >= 15 is 0 Å². The Morgan fingerprint density at radius 1 is 1.64 bits per heavy atom. The fourth-order valence-electron chi connectivity index (χ4n) is 1.32. The first kappa shape index (κ1) is 11.4. The third-order valence-corrected chi connectivity index (χ3v) is 2.20. The first-order valence-electron chi connectivity index (χ1n) is 4.94. The summed E-state index contributed by atoms with van der Waals surface area (Å²) in [7, 11) is 1.59. The van der Waals surface area contributed by atoms with Crippen LogP contribution in [0.2, 0.25) is 0 Å². The summed E-state index contributed by atoms with van der Waals surface area (Å²) in [6.07, 6.45) is 2.54. The van der Waals surface area contributed by atoms with Crippen molar-refractivity contribution in [3.8, 4) is 0 Å². The van der Waals surface area contributed by atoms with Crippen LogP contribution in [0.15, 0.2) is 0 Å². The van der Waals surface area contributed by atoms with Gasteiger partial charge in [0.1, 0.15) is 0 Å². The molecule has 0 aromatic carbocycles. The largest absolute Gasteiger partial charge is 0.385 e. The highest BCUT2D eigenvalue weighted by molar-refractivity contribution is 5.80. The van der Waals surface area contributed by atoms with Gasteiger partial charge in [0.2, 0.25) is 0 Å². The van der Waals surface area contributed by atoms with Crippen molar-refractivity contribution in [2.45, 2.75) is 25.3 Å². The second-order valence-corrected chi connectivity index (χ2v) is 3.37. The number of hydrogen-bond donors (Lipinski definition) is 1. The maximum absolute atomic E-state index is 11.6. The Morgan fingerprint density at radius 2 is 2.43 bits per heavy atom. The Hall–Kier alpha value is -0.650. The number of nitrogens with two attached hydrogens (primary N) is 1. The zero-order valence-corrected chi connectivity index (χ0v) is 8.57. The smallest absolute Gasteiger partial charge is 0.263 e. The molecule has 0 radical (unpaired) electrons. The molecule has 82 valence electrons. The minimum Gasteiger partial charge on any atom is -0.385 e. The third kappa shape index (κ3) is 3.25. The highest BCUT2D eigenvalue weighted by atomic mass is 16.7. The van der Waals surface area contributed by atoms with Crippen molar-refractivity contribution in [2.24, 2.45) is 5.73 Å². The van der Waals surface area contributed by atoms with Crippen molar-refractivity contribution in [1.29, 1.82) is 0 Å². The molecule has 1 atom stereocenters. The molecule has 1 amide bonds. The topological polar surface area (TPSA) is 64.8 Å². The number of amides is 1. The van der Waals surface area contributed by atoms with E-state index < -0.39 is 6.04 Å². The number of nitrogens with zero attached hydrogens (tertiary/aromatic N) is 1. The van der Waals surface area contributed by atoms with Gasteiger partial charge in [-0.1, -0.05) is 0 Å². The van der Waals surface area contributed by atoms with Gasteiger partial charge in [-0.15, -0.1) is 0 Å². The van der Waals surface area contributed by atoms with Crippen LogP contribution < -0.4 is 5.73 Å². The first-order chi connectivity index (χ1) is 6.75. The van der Waals surface area contributed by atoms with Gasteiger partial charge in [0, 0.05) is 20.3 Å². The van der Waals surface area contributed by atoms with Crippen LogP contribution in [0.3, 0.4) is 0 Å². The van der Waals surface area contributed by atoms with E-state index in [1.165, 1.54) is 5.06 Å². The lowest BCUT2D eigenvalue weighted by Crippen LogP contribution is -2.46. The molecule has 1 aliphatic rings.